The zero-order valence-electron chi connectivity index (χ0n) is 11.9. The Bertz CT molecular complexity index is 549. The largest absolute Gasteiger partial charge is 0.342 e. The van der Waals surface area contributed by atoms with Gasteiger partial charge in [-0.3, -0.25) is 4.79 Å². The molecule has 1 amide bonds. The van der Waals surface area contributed by atoms with Gasteiger partial charge < -0.3 is 10.6 Å². The Balaban J connectivity index is 1.62. The van der Waals surface area contributed by atoms with Crippen molar-refractivity contribution in [2.24, 2.45) is 17.6 Å². The Morgan fingerprint density at radius 1 is 1.19 bits per heavy atom. The summed E-state index contributed by atoms with van der Waals surface area (Å²) in [5.74, 6) is 1.41. The van der Waals surface area contributed by atoms with E-state index in [1.807, 2.05) is 11.0 Å². The number of fused-ring (bicyclic) bond motifs is 1. The van der Waals surface area contributed by atoms with Crippen molar-refractivity contribution in [1.29, 1.82) is 0 Å². The Labute approximate surface area is 135 Å². The second kappa shape index (κ2) is 6.15. The van der Waals surface area contributed by atoms with Crippen LogP contribution in [-0.4, -0.2) is 29.9 Å². The molecule has 2 aliphatic rings. The van der Waals surface area contributed by atoms with E-state index >= 15 is 0 Å². The highest BCUT2D eigenvalue weighted by molar-refractivity contribution is 6.42. The van der Waals surface area contributed by atoms with E-state index in [1.165, 1.54) is 0 Å². The lowest BCUT2D eigenvalue weighted by molar-refractivity contribution is -0.129. The fraction of sp³-hybridized carbons (Fsp3) is 0.562. The van der Waals surface area contributed by atoms with Crippen LogP contribution in [0, 0.1) is 11.8 Å². The van der Waals surface area contributed by atoms with E-state index in [1.54, 1.807) is 12.1 Å². The van der Waals surface area contributed by atoms with Crippen molar-refractivity contribution in [3.63, 3.8) is 0 Å². The molecule has 3 rings (SSSR count). The number of carbonyl (C=O) groups is 1. The highest BCUT2D eigenvalue weighted by Gasteiger charge is 2.38. The Morgan fingerprint density at radius 2 is 1.95 bits per heavy atom. The number of likely N-dealkylation sites (tertiary alicyclic amines) is 1. The fourth-order valence-electron chi connectivity index (χ4n) is 3.61. The second-order valence-electron chi connectivity index (χ2n) is 6.32. The third-order valence-corrected chi connectivity index (χ3v) is 5.52. The number of carbonyl (C=O) groups excluding carboxylic acids is 1. The highest BCUT2D eigenvalue weighted by Crippen LogP contribution is 2.36. The molecule has 1 aliphatic carbocycles. The molecule has 114 valence electrons. The van der Waals surface area contributed by atoms with Gasteiger partial charge in [-0.25, -0.2) is 0 Å². The summed E-state index contributed by atoms with van der Waals surface area (Å²) >= 11 is 11.9. The molecule has 1 aromatic carbocycles. The lowest BCUT2D eigenvalue weighted by Crippen LogP contribution is -2.32. The number of rotatable bonds is 2. The number of benzene rings is 1. The van der Waals surface area contributed by atoms with Crippen molar-refractivity contribution < 1.29 is 4.79 Å². The number of nitrogens with two attached hydrogens (primary N) is 1. The first kappa shape index (κ1) is 15.1. The molecule has 2 fully saturated rings. The van der Waals surface area contributed by atoms with Crippen LogP contribution >= 0.6 is 23.2 Å². The Kier molecular flexibility index (Phi) is 4.43. The maximum absolute atomic E-state index is 12.5. The first-order chi connectivity index (χ1) is 10.0. The normalized spacial score (nSPS) is 28.5. The summed E-state index contributed by atoms with van der Waals surface area (Å²) in [5, 5.41) is 1.03. The quantitative estimate of drug-likeness (QED) is 0.907. The molecule has 1 heterocycles. The molecule has 21 heavy (non-hydrogen) atoms. The van der Waals surface area contributed by atoms with Crippen LogP contribution in [0.5, 0.6) is 0 Å². The Hall–Kier alpha value is -0.770. The molecular weight excluding hydrogens is 307 g/mol. The van der Waals surface area contributed by atoms with Gasteiger partial charge in [0.05, 0.1) is 16.5 Å². The molecule has 0 radical (unpaired) electrons. The van der Waals surface area contributed by atoms with Crippen molar-refractivity contribution >= 4 is 29.1 Å². The van der Waals surface area contributed by atoms with Gasteiger partial charge in [-0.2, -0.15) is 0 Å². The summed E-state index contributed by atoms with van der Waals surface area (Å²) in [6.07, 6.45) is 3.70. The minimum atomic E-state index is 0.177. The molecule has 1 saturated carbocycles. The predicted octanol–water partition coefficient (Wildman–Crippen LogP) is 3.12. The van der Waals surface area contributed by atoms with E-state index in [-0.39, 0.29) is 5.91 Å². The minimum absolute atomic E-state index is 0.177. The predicted molar refractivity (Wildman–Crippen MR) is 85.6 cm³/mol. The number of hydrogen-bond acceptors (Lipinski definition) is 2. The maximum atomic E-state index is 12.5. The first-order valence-electron chi connectivity index (χ1n) is 7.50. The third kappa shape index (κ3) is 3.36. The van der Waals surface area contributed by atoms with Crippen LogP contribution < -0.4 is 5.73 Å². The Morgan fingerprint density at radius 3 is 2.71 bits per heavy atom. The summed E-state index contributed by atoms with van der Waals surface area (Å²) < 4.78 is 0. The zero-order valence-corrected chi connectivity index (χ0v) is 13.4. The van der Waals surface area contributed by atoms with Crippen LogP contribution in [0.3, 0.4) is 0 Å². The second-order valence-corrected chi connectivity index (χ2v) is 7.13. The molecule has 1 aromatic rings. The monoisotopic (exact) mass is 326 g/mol. The van der Waals surface area contributed by atoms with Crippen molar-refractivity contribution in [2.75, 3.05) is 13.1 Å². The van der Waals surface area contributed by atoms with Crippen molar-refractivity contribution in [3.05, 3.63) is 33.8 Å². The van der Waals surface area contributed by atoms with Gasteiger partial charge in [0, 0.05) is 19.1 Å². The summed E-state index contributed by atoms with van der Waals surface area (Å²) in [6.45, 7) is 1.75. The number of halogens is 2. The van der Waals surface area contributed by atoms with Gasteiger partial charge in [0.15, 0.2) is 0 Å². The van der Waals surface area contributed by atoms with Gasteiger partial charge >= 0.3 is 0 Å². The van der Waals surface area contributed by atoms with Crippen LogP contribution in [0.15, 0.2) is 18.2 Å². The van der Waals surface area contributed by atoms with E-state index in [0.29, 0.717) is 34.3 Å². The van der Waals surface area contributed by atoms with Crippen LogP contribution in [-0.2, 0) is 11.2 Å². The summed E-state index contributed by atoms with van der Waals surface area (Å²) in [5.41, 5.74) is 6.95. The molecule has 1 unspecified atom stereocenters. The number of nitrogens with zero attached hydrogens (tertiary/aromatic N) is 1. The molecule has 3 nitrogen and oxygen atoms in total. The van der Waals surface area contributed by atoms with Crippen LogP contribution in [0.4, 0.5) is 0 Å². The molecule has 0 bridgehead atoms. The lowest BCUT2D eigenvalue weighted by atomic mass is 9.79. The first-order valence-corrected chi connectivity index (χ1v) is 8.26. The lowest BCUT2D eigenvalue weighted by Gasteiger charge is -2.27. The smallest absolute Gasteiger partial charge is 0.227 e. The van der Waals surface area contributed by atoms with Gasteiger partial charge in [-0.15, -0.1) is 0 Å². The van der Waals surface area contributed by atoms with Crippen LogP contribution in [0.2, 0.25) is 10.0 Å². The van der Waals surface area contributed by atoms with Gasteiger partial charge in [0.25, 0.3) is 0 Å². The molecule has 1 saturated heterocycles. The topological polar surface area (TPSA) is 46.3 Å². The van der Waals surface area contributed by atoms with E-state index in [4.69, 9.17) is 28.9 Å². The van der Waals surface area contributed by atoms with E-state index in [2.05, 4.69) is 0 Å². The van der Waals surface area contributed by atoms with Gasteiger partial charge in [-0.1, -0.05) is 29.3 Å². The van der Waals surface area contributed by atoms with E-state index in [0.717, 1.165) is 37.9 Å². The number of hydrogen-bond donors (Lipinski definition) is 1. The fourth-order valence-corrected chi connectivity index (χ4v) is 3.93. The molecule has 0 aromatic heterocycles. The molecule has 1 aliphatic heterocycles. The van der Waals surface area contributed by atoms with Gasteiger partial charge in [0.1, 0.15) is 0 Å². The molecule has 0 spiro atoms. The maximum Gasteiger partial charge on any atom is 0.227 e. The number of amides is 1. The average molecular weight is 327 g/mol. The van der Waals surface area contributed by atoms with Crippen LogP contribution in [0.25, 0.3) is 0 Å². The van der Waals surface area contributed by atoms with Crippen molar-refractivity contribution in [2.45, 2.75) is 31.7 Å². The van der Waals surface area contributed by atoms with E-state index < -0.39 is 0 Å². The summed E-state index contributed by atoms with van der Waals surface area (Å²) in [6, 6.07) is 5.71. The minimum Gasteiger partial charge on any atom is -0.342 e. The molecule has 2 N–H and O–H groups in total. The third-order valence-electron chi connectivity index (χ3n) is 4.78. The highest BCUT2D eigenvalue weighted by atomic mass is 35.5. The standard InChI is InChI=1S/C16H20Cl2N2O/c17-14-4-1-10(5-15(14)18)6-16(21)20-8-11-2-3-13(19)7-12(11)9-20/h1,4-5,11-13H,2-3,6-9,19H2/t11-,12+,13?/m1/s1. The zero-order chi connectivity index (χ0) is 15.0. The summed E-state index contributed by atoms with van der Waals surface area (Å²) in [7, 11) is 0. The van der Waals surface area contributed by atoms with Crippen molar-refractivity contribution in [3.8, 4) is 0 Å². The molecule has 5 heteroatoms. The molecular formula is C16H20Cl2N2O. The van der Waals surface area contributed by atoms with Crippen molar-refractivity contribution in [1.82, 2.24) is 4.90 Å². The van der Waals surface area contributed by atoms with Gasteiger partial charge in [-0.05, 0) is 48.8 Å². The average Bonchev–Trinajstić information content (AvgIpc) is 2.86. The van der Waals surface area contributed by atoms with Crippen LogP contribution in [0.1, 0.15) is 24.8 Å². The SMILES string of the molecule is NC1CC[C@@H]2CN(C(=O)Cc3ccc(Cl)c(Cl)c3)C[C@@H]2C1. The van der Waals surface area contributed by atoms with E-state index in [9.17, 15) is 4.79 Å². The van der Waals surface area contributed by atoms with Gasteiger partial charge in [0.2, 0.25) is 5.91 Å². The molecule has 3 atom stereocenters. The summed E-state index contributed by atoms with van der Waals surface area (Å²) in [4.78, 5) is 14.5.